The number of anilines is 1. The molecule has 1 fully saturated rings. The van der Waals surface area contributed by atoms with Crippen molar-refractivity contribution in [2.45, 2.75) is 19.4 Å². The lowest BCUT2D eigenvalue weighted by Gasteiger charge is -2.37. The average molecular weight is 287 g/mol. The molecule has 1 aliphatic heterocycles. The number of rotatable bonds is 3. The second-order valence-corrected chi connectivity index (χ2v) is 5.07. The molecule has 1 saturated heterocycles. The lowest BCUT2D eigenvalue weighted by molar-refractivity contribution is 0.216. The van der Waals surface area contributed by atoms with Crippen LogP contribution in [0, 0.1) is 11.3 Å². The maximum Gasteiger partial charge on any atom is 0.364 e. The highest BCUT2D eigenvalue weighted by molar-refractivity contribution is 5.45. The molecule has 0 aromatic carbocycles. The van der Waals surface area contributed by atoms with E-state index in [1.54, 1.807) is 6.07 Å². The Morgan fingerprint density at radius 2 is 2.14 bits per heavy atom. The van der Waals surface area contributed by atoms with Gasteiger partial charge in [0.25, 0.3) is 0 Å². The molecule has 3 heterocycles. The Labute approximate surface area is 121 Å². The maximum atomic E-state index is 11.6. The Morgan fingerprint density at radius 1 is 1.38 bits per heavy atom. The van der Waals surface area contributed by atoms with Gasteiger partial charge in [0, 0.05) is 26.2 Å². The topological polar surface area (TPSA) is 93.3 Å². The Hall–Kier alpha value is -2.40. The van der Waals surface area contributed by atoms with E-state index < -0.39 is 0 Å². The van der Waals surface area contributed by atoms with Crippen molar-refractivity contribution in [2.24, 2.45) is 0 Å². The number of H-pyrrole nitrogens is 1. The van der Waals surface area contributed by atoms with Crippen LogP contribution < -0.4 is 10.6 Å². The molecule has 3 rings (SSSR count). The minimum absolute atomic E-state index is 0.0147. The number of nitrogens with zero attached hydrogens (tertiary/aromatic N) is 6. The summed E-state index contributed by atoms with van der Waals surface area (Å²) in [7, 11) is 0. The molecule has 0 saturated carbocycles. The molecule has 0 bridgehead atoms. The highest BCUT2D eigenvalue weighted by Crippen LogP contribution is 2.15. The molecular formula is C13H17N7O. The van der Waals surface area contributed by atoms with Gasteiger partial charge in [-0.3, -0.25) is 4.90 Å². The molecule has 1 N–H and O–H groups in total. The fraction of sp³-hybridized carbons (Fsp3) is 0.538. The lowest BCUT2D eigenvalue weighted by Crippen LogP contribution is -2.50. The molecule has 0 amide bonds. The molecule has 21 heavy (non-hydrogen) atoms. The van der Waals surface area contributed by atoms with E-state index in [4.69, 9.17) is 5.26 Å². The summed E-state index contributed by atoms with van der Waals surface area (Å²) in [5, 5.41) is 19.7. The van der Waals surface area contributed by atoms with Crippen LogP contribution >= 0.6 is 0 Å². The van der Waals surface area contributed by atoms with Gasteiger partial charge in [-0.25, -0.2) is 9.89 Å². The monoisotopic (exact) mass is 287 g/mol. The van der Waals surface area contributed by atoms with Crippen molar-refractivity contribution in [3.05, 3.63) is 22.6 Å². The Kier molecular flexibility index (Phi) is 3.58. The SMILES string of the molecule is CCC(C#N)N1CCN(c2ccc3n[nH]c(=O)n3n2)CC1. The summed E-state index contributed by atoms with van der Waals surface area (Å²) in [5.41, 5.74) is 0.180. The van der Waals surface area contributed by atoms with Gasteiger partial charge in [-0.2, -0.15) is 14.9 Å². The van der Waals surface area contributed by atoms with Crippen LogP contribution in [0.15, 0.2) is 16.9 Å². The number of aromatic nitrogens is 4. The first kappa shape index (κ1) is 13.6. The zero-order chi connectivity index (χ0) is 14.8. The predicted octanol–water partition coefficient (Wildman–Crippen LogP) is -0.158. The van der Waals surface area contributed by atoms with E-state index in [9.17, 15) is 4.79 Å². The van der Waals surface area contributed by atoms with Crippen molar-refractivity contribution in [1.29, 1.82) is 5.26 Å². The summed E-state index contributed by atoms with van der Waals surface area (Å²) in [6.45, 7) is 5.27. The van der Waals surface area contributed by atoms with E-state index in [-0.39, 0.29) is 11.7 Å². The average Bonchev–Trinajstić information content (AvgIpc) is 2.90. The molecule has 110 valence electrons. The van der Waals surface area contributed by atoms with Crippen LogP contribution in [0.1, 0.15) is 13.3 Å². The molecule has 0 radical (unpaired) electrons. The molecule has 8 nitrogen and oxygen atoms in total. The van der Waals surface area contributed by atoms with Crippen LogP contribution in [-0.4, -0.2) is 56.9 Å². The zero-order valence-corrected chi connectivity index (χ0v) is 11.9. The third-order valence-electron chi connectivity index (χ3n) is 3.87. The van der Waals surface area contributed by atoms with Gasteiger partial charge in [-0.15, -0.1) is 5.10 Å². The Bertz CT molecular complexity index is 720. The highest BCUT2D eigenvalue weighted by atomic mass is 16.2. The Balaban J connectivity index is 1.75. The number of nitrogens with one attached hydrogen (secondary N) is 1. The van der Waals surface area contributed by atoms with Crippen molar-refractivity contribution < 1.29 is 0 Å². The summed E-state index contributed by atoms with van der Waals surface area (Å²) in [4.78, 5) is 15.9. The van der Waals surface area contributed by atoms with E-state index >= 15 is 0 Å². The molecule has 1 aliphatic rings. The number of piperazine rings is 1. The van der Waals surface area contributed by atoms with E-state index in [1.807, 2.05) is 13.0 Å². The first-order valence-electron chi connectivity index (χ1n) is 7.06. The number of nitriles is 1. The maximum absolute atomic E-state index is 11.6. The van der Waals surface area contributed by atoms with Crippen LogP contribution in [0.4, 0.5) is 5.82 Å². The Morgan fingerprint density at radius 3 is 2.81 bits per heavy atom. The number of fused-ring (bicyclic) bond motifs is 1. The first-order chi connectivity index (χ1) is 10.2. The van der Waals surface area contributed by atoms with E-state index in [0.29, 0.717) is 5.65 Å². The third-order valence-corrected chi connectivity index (χ3v) is 3.87. The number of hydrogen-bond donors (Lipinski definition) is 1. The van der Waals surface area contributed by atoms with Crippen LogP contribution in [0.2, 0.25) is 0 Å². The molecule has 2 aromatic heterocycles. The molecule has 1 unspecified atom stereocenters. The molecule has 2 aromatic rings. The minimum atomic E-state index is -0.332. The van der Waals surface area contributed by atoms with Crippen molar-refractivity contribution in [3.63, 3.8) is 0 Å². The van der Waals surface area contributed by atoms with Gasteiger partial charge in [0.05, 0.1) is 12.1 Å². The summed E-state index contributed by atoms with van der Waals surface area (Å²) in [6, 6.07) is 5.97. The van der Waals surface area contributed by atoms with Crippen LogP contribution in [0.25, 0.3) is 5.65 Å². The number of hydrogen-bond acceptors (Lipinski definition) is 6. The largest absolute Gasteiger partial charge is 0.364 e. The first-order valence-corrected chi connectivity index (χ1v) is 7.06. The van der Waals surface area contributed by atoms with Gasteiger partial charge in [0.2, 0.25) is 0 Å². The van der Waals surface area contributed by atoms with E-state index in [0.717, 1.165) is 38.4 Å². The molecular weight excluding hydrogens is 270 g/mol. The van der Waals surface area contributed by atoms with Crippen LogP contribution in [-0.2, 0) is 0 Å². The van der Waals surface area contributed by atoms with Gasteiger partial charge in [0.1, 0.15) is 5.82 Å². The summed E-state index contributed by atoms with van der Waals surface area (Å²) in [5.74, 6) is 0.760. The fourth-order valence-corrected chi connectivity index (χ4v) is 2.66. The van der Waals surface area contributed by atoms with Gasteiger partial charge in [-0.1, -0.05) is 6.92 Å². The fourth-order valence-electron chi connectivity index (χ4n) is 2.66. The normalized spacial score (nSPS) is 17.8. The zero-order valence-electron chi connectivity index (χ0n) is 11.9. The van der Waals surface area contributed by atoms with E-state index in [2.05, 4.69) is 31.2 Å². The smallest absolute Gasteiger partial charge is 0.353 e. The minimum Gasteiger partial charge on any atom is -0.353 e. The van der Waals surface area contributed by atoms with Gasteiger partial charge < -0.3 is 4.90 Å². The summed E-state index contributed by atoms with van der Waals surface area (Å²) in [6.07, 6.45) is 0.838. The van der Waals surface area contributed by atoms with Crippen molar-refractivity contribution in [1.82, 2.24) is 24.7 Å². The number of aromatic amines is 1. The standard InChI is InChI=1S/C13H17N7O/c1-2-10(9-14)18-5-7-19(8-6-18)12-4-3-11-15-16-13(21)20(11)17-12/h3-4,10H,2,5-8H2,1H3,(H,16,21). The van der Waals surface area contributed by atoms with Gasteiger partial charge >= 0.3 is 5.69 Å². The second-order valence-electron chi connectivity index (χ2n) is 5.07. The summed E-state index contributed by atoms with van der Waals surface area (Å²) < 4.78 is 1.27. The third kappa shape index (κ3) is 2.48. The highest BCUT2D eigenvalue weighted by Gasteiger charge is 2.23. The van der Waals surface area contributed by atoms with Crippen molar-refractivity contribution in [2.75, 3.05) is 31.1 Å². The quantitative estimate of drug-likeness (QED) is 0.843. The van der Waals surface area contributed by atoms with Gasteiger partial charge in [-0.05, 0) is 18.6 Å². The van der Waals surface area contributed by atoms with Gasteiger partial charge in [0.15, 0.2) is 5.65 Å². The summed E-state index contributed by atoms with van der Waals surface area (Å²) >= 11 is 0. The molecule has 8 heteroatoms. The lowest BCUT2D eigenvalue weighted by atomic mass is 10.2. The molecule has 1 atom stereocenters. The van der Waals surface area contributed by atoms with Crippen LogP contribution in [0.5, 0.6) is 0 Å². The van der Waals surface area contributed by atoms with E-state index in [1.165, 1.54) is 4.52 Å². The second kappa shape index (κ2) is 5.54. The molecule has 0 aliphatic carbocycles. The predicted molar refractivity (Wildman–Crippen MR) is 77.1 cm³/mol. The molecule has 0 spiro atoms. The van der Waals surface area contributed by atoms with Crippen molar-refractivity contribution in [3.8, 4) is 6.07 Å². The van der Waals surface area contributed by atoms with Crippen LogP contribution in [0.3, 0.4) is 0 Å². The van der Waals surface area contributed by atoms with Crippen molar-refractivity contribution >= 4 is 11.5 Å².